The molecule has 1 fully saturated rings. The maximum Gasteiger partial charge on any atom is 0.326 e. The van der Waals surface area contributed by atoms with Crippen LogP contribution >= 0.6 is 0 Å². The number of hydrogen-bond acceptors (Lipinski definition) is 5. The summed E-state index contributed by atoms with van der Waals surface area (Å²) < 4.78 is 0. The molecule has 1 amide bonds. The van der Waals surface area contributed by atoms with Gasteiger partial charge in [-0.2, -0.15) is 0 Å². The summed E-state index contributed by atoms with van der Waals surface area (Å²) in [6.07, 6.45) is 7.56. The van der Waals surface area contributed by atoms with E-state index in [9.17, 15) is 14.4 Å². The van der Waals surface area contributed by atoms with E-state index in [-0.39, 0.29) is 17.4 Å². The van der Waals surface area contributed by atoms with E-state index in [1.165, 1.54) is 5.56 Å². The van der Waals surface area contributed by atoms with E-state index < -0.39 is 17.2 Å². The van der Waals surface area contributed by atoms with Crippen molar-refractivity contribution in [3.8, 4) is 0 Å². The van der Waals surface area contributed by atoms with Crippen LogP contribution in [0.15, 0.2) is 52.4 Å². The molecule has 3 aromatic rings. The quantitative estimate of drug-likeness (QED) is 0.396. The molecule has 0 radical (unpaired) electrons. The van der Waals surface area contributed by atoms with Crippen LogP contribution < -0.4 is 21.9 Å². The van der Waals surface area contributed by atoms with Crippen LogP contribution in [0.4, 0.5) is 5.69 Å². The van der Waals surface area contributed by atoms with Crippen molar-refractivity contribution < 1.29 is 4.79 Å². The van der Waals surface area contributed by atoms with E-state index in [0.29, 0.717) is 18.9 Å². The Kier molecular flexibility index (Phi) is 6.30. The van der Waals surface area contributed by atoms with Gasteiger partial charge in [-0.3, -0.25) is 14.6 Å². The van der Waals surface area contributed by atoms with Gasteiger partial charge < -0.3 is 20.6 Å². The second kappa shape index (κ2) is 9.46. The highest BCUT2D eigenvalue weighted by Crippen LogP contribution is 2.32. The maximum atomic E-state index is 12.9. The van der Waals surface area contributed by atoms with E-state index >= 15 is 0 Å². The standard InChI is InChI=1S/C22H26N6O3/c29-20-18(24-11-10-17-12-23-13-25-17)19(27-22(31)28-20)21(30)26-16-8-6-15(7-9-16)14-4-2-1-3-5-14/h1-5,12-13,15-16,24H,6-11H2,(H,23,25)(H,26,30)(H2,27,28,29,31)/t15-,16+. The molecule has 1 aromatic carbocycles. The highest BCUT2D eigenvalue weighted by Gasteiger charge is 2.25. The van der Waals surface area contributed by atoms with Crippen LogP contribution in [0.25, 0.3) is 0 Å². The largest absolute Gasteiger partial charge is 0.378 e. The molecular weight excluding hydrogens is 396 g/mol. The number of rotatable bonds is 7. The lowest BCUT2D eigenvalue weighted by Gasteiger charge is -2.29. The number of H-pyrrole nitrogens is 3. The molecule has 0 aliphatic heterocycles. The monoisotopic (exact) mass is 422 g/mol. The minimum absolute atomic E-state index is 0.00663. The lowest BCUT2D eigenvalue weighted by molar-refractivity contribution is 0.0921. The molecule has 5 N–H and O–H groups in total. The smallest absolute Gasteiger partial charge is 0.326 e. The van der Waals surface area contributed by atoms with Crippen LogP contribution in [0.1, 0.15) is 53.3 Å². The summed E-state index contributed by atoms with van der Waals surface area (Å²) in [6, 6.07) is 10.4. The molecule has 0 atom stereocenters. The summed E-state index contributed by atoms with van der Waals surface area (Å²) in [4.78, 5) is 48.6. The number of benzene rings is 1. The Morgan fingerprint density at radius 2 is 1.84 bits per heavy atom. The number of carbonyl (C=O) groups excluding carboxylic acids is 1. The van der Waals surface area contributed by atoms with Crippen molar-refractivity contribution in [3.63, 3.8) is 0 Å². The zero-order valence-corrected chi connectivity index (χ0v) is 17.1. The molecule has 31 heavy (non-hydrogen) atoms. The minimum Gasteiger partial charge on any atom is -0.378 e. The first-order valence-electron chi connectivity index (χ1n) is 10.5. The van der Waals surface area contributed by atoms with Crippen molar-refractivity contribution in [2.75, 3.05) is 11.9 Å². The Morgan fingerprint density at radius 3 is 2.55 bits per heavy atom. The highest BCUT2D eigenvalue weighted by molar-refractivity contribution is 5.97. The van der Waals surface area contributed by atoms with Crippen molar-refractivity contribution in [1.29, 1.82) is 0 Å². The third-order valence-electron chi connectivity index (χ3n) is 5.74. The second-order valence-corrected chi connectivity index (χ2v) is 7.83. The summed E-state index contributed by atoms with van der Waals surface area (Å²) in [6.45, 7) is 0.391. The number of amides is 1. The molecule has 1 saturated carbocycles. The van der Waals surface area contributed by atoms with Crippen LogP contribution in [0.5, 0.6) is 0 Å². The fourth-order valence-electron chi connectivity index (χ4n) is 4.12. The van der Waals surface area contributed by atoms with Gasteiger partial charge in [0.1, 0.15) is 11.4 Å². The lowest BCUT2D eigenvalue weighted by atomic mass is 9.82. The Bertz CT molecular complexity index is 1110. The van der Waals surface area contributed by atoms with Gasteiger partial charge in [-0.15, -0.1) is 0 Å². The topological polar surface area (TPSA) is 136 Å². The normalized spacial score (nSPS) is 18.5. The van der Waals surface area contributed by atoms with Crippen LogP contribution in [-0.2, 0) is 6.42 Å². The number of nitrogens with one attached hydrogen (secondary N) is 5. The zero-order chi connectivity index (χ0) is 21.6. The number of hydrogen-bond donors (Lipinski definition) is 5. The fraction of sp³-hybridized carbons (Fsp3) is 0.364. The Morgan fingerprint density at radius 1 is 1.06 bits per heavy atom. The average Bonchev–Trinajstić information content (AvgIpc) is 3.29. The van der Waals surface area contributed by atoms with Gasteiger partial charge in [0.15, 0.2) is 0 Å². The molecule has 162 valence electrons. The van der Waals surface area contributed by atoms with Crippen molar-refractivity contribution in [2.24, 2.45) is 0 Å². The predicted octanol–water partition coefficient (Wildman–Crippen LogP) is 1.90. The lowest BCUT2D eigenvalue weighted by Crippen LogP contribution is -2.40. The number of aromatic amines is 3. The highest BCUT2D eigenvalue weighted by atomic mass is 16.2. The average molecular weight is 422 g/mol. The number of anilines is 1. The Balaban J connectivity index is 1.39. The van der Waals surface area contributed by atoms with Crippen molar-refractivity contribution in [1.82, 2.24) is 25.3 Å². The van der Waals surface area contributed by atoms with Gasteiger partial charge in [-0.1, -0.05) is 30.3 Å². The van der Waals surface area contributed by atoms with Crippen molar-refractivity contribution >= 4 is 11.6 Å². The Labute approximate surface area is 178 Å². The van der Waals surface area contributed by atoms with Crippen molar-refractivity contribution in [3.05, 3.63) is 80.6 Å². The first-order valence-corrected chi connectivity index (χ1v) is 10.5. The van der Waals surface area contributed by atoms with Gasteiger partial charge in [0.25, 0.3) is 11.5 Å². The number of carbonyl (C=O) groups is 1. The zero-order valence-electron chi connectivity index (χ0n) is 17.1. The van der Waals surface area contributed by atoms with Gasteiger partial charge >= 0.3 is 5.69 Å². The molecule has 2 aromatic heterocycles. The summed E-state index contributed by atoms with van der Waals surface area (Å²) in [5, 5.41) is 5.95. The van der Waals surface area contributed by atoms with Gasteiger partial charge in [0.05, 0.1) is 12.0 Å². The first kappa shape index (κ1) is 20.6. The summed E-state index contributed by atoms with van der Waals surface area (Å²) in [7, 11) is 0. The van der Waals surface area contributed by atoms with E-state index in [0.717, 1.165) is 31.4 Å². The molecule has 9 heteroatoms. The molecule has 2 heterocycles. The molecule has 0 bridgehead atoms. The van der Waals surface area contributed by atoms with Crippen LogP contribution in [0.2, 0.25) is 0 Å². The summed E-state index contributed by atoms with van der Waals surface area (Å²) in [5.74, 6) is 0.0432. The van der Waals surface area contributed by atoms with E-state index in [4.69, 9.17) is 0 Å². The maximum absolute atomic E-state index is 12.9. The predicted molar refractivity (Wildman–Crippen MR) is 117 cm³/mol. The van der Waals surface area contributed by atoms with Crippen molar-refractivity contribution in [2.45, 2.75) is 44.1 Å². The molecule has 0 saturated heterocycles. The van der Waals surface area contributed by atoms with Gasteiger partial charge in [-0.05, 0) is 37.2 Å². The van der Waals surface area contributed by atoms with Gasteiger partial charge in [0.2, 0.25) is 0 Å². The van der Waals surface area contributed by atoms with E-state index in [2.05, 4.69) is 42.7 Å². The number of imidazole rings is 1. The van der Waals surface area contributed by atoms with E-state index in [1.807, 2.05) is 18.2 Å². The number of aromatic nitrogens is 4. The van der Waals surface area contributed by atoms with Crippen LogP contribution in [-0.4, -0.2) is 38.4 Å². The van der Waals surface area contributed by atoms with Crippen LogP contribution in [0.3, 0.4) is 0 Å². The Hall–Kier alpha value is -3.62. The molecule has 1 aliphatic rings. The number of nitrogens with zero attached hydrogens (tertiary/aromatic N) is 1. The fourth-order valence-corrected chi connectivity index (χ4v) is 4.12. The molecule has 9 nitrogen and oxygen atoms in total. The van der Waals surface area contributed by atoms with E-state index in [1.54, 1.807) is 12.5 Å². The summed E-state index contributed by atoms with van der Waals surface area (Å²) in [5.41, 5.74) is 0.847. The third-order valence-corrected chi connectivity index (χ3v) is 5.74. The minimum atomic E-state index is -0.708. The SMILES string of the molecule is O=C(N[C@H]1CC[C@@H](c2ccccc2)CC1)c1[nH]c(=O)[nH]c(=O)c1NCCc1c[nH]cn1. The molecule has 0 unspecified atom stereocenters. The molecule has 1 aliphatic carbocycles. The van der Waals surface area contributed by atoms with Crippen LogP contribution in [0, 0.1) is 0 Å². The molecule has 0 spiro atoms. The third kappa shape index (κ3) is 5.11. The second-order valence-electron chi connectivity index (χ2n) is 7.83. The van der Waals surface area contributed by atoms with Gasteiger partial charge in [-0.25, -0.2) is 9.78 Å². The van der Waals surface area contributed by atoms with Gasteiger partial charge in [0, 0.05) is 25.2 Å². The first-order chi connectivity index (χ1) is 15.1. The molecule has 4 rings (SSSR count). The molecular formula is C22H26N6O3. The summed E-state index contributed by atoms with van der Waals surface area (Å²) >= 11 is 0.